The third-order valence-corrected chi connectivity index (χ3v) is 3.13. The standard InChI is InChI=1S/C12H13N3O/c1-7-2-3-10-8(6-7)12(16)15-5-4-9(13)11(15)14-10/h2-3,6,9H,4-5,13H2,1H3/t9-/m0/s1. The highest BCUT2D eigenvalue weighted by molar-refractivity contribution is 5.78. The third kappa shape index (κ3) is 1.20. The molecular formula is C12H13N3O. The molecule has 0 saturated carbocycles. The molecule has 0 radical (unpaired) electrons. The van der Waals surface area contributed by atoms with Crippen molar-refractivity contribution in [2.24, 2.45) is 5.73 Å². The van der Waals surface area contributed by atoms with E-state index >= 15 is 0 Å². The predicted molar refractivity (Wildman–Crippen MR) is 62.3 cm³/mol. The number of hydrogen-bond acceptors (Lipinski definition) is 3. The molecule has 0 bridgehead atoms. The van der Waals surface area contributed by atoms with Crippen LogP contribution in [0.15, 0.2) is 23.0 Å². The molecule has 2 N–H and O–H groups in total. The molecule has 2 aromatic rings. The first-order chi connectivity index (χ1) is 7.66. The number of aryl methyl sites for hydroxylation is 1. The van der Waals surface area contributed by atoms with Crippen LogP contribution in [-0.4, -0.2) is 9.55 Å². The molecule has 4 nitrogen and oxygen atoms in total. The van der Waals surface area contributed by atoms with Crippen LogP contribution >= 0.6 is 0 Å². The summed E-state index contributed by atoms with van der Waals surface area (Å²) in [4.78, 5) is 16.7. The number of hydrogen-bond donors (Lipinski definition) is 1. The number of aromatic nitrogens is 2. The maximum atomic E-state index is 12.2. The van der Waals surface area contributed by atoms with Gasteiger partial charge in [0.15, 0.2) is 0 Å². The van der Waals surface area contributed by atoms with Crippen LogP contribution in [0, 0.1) is 6.92 Å². The van der Waals surface area contributed by atoms with E-state index in [0.29, 0.717) is 11.9 Å². The zero-order valence-corrected chi connectivity index (χ0v) is 9.10. The lowest BCUT2D eigenvalue weighted by Gasteiger charge is -2.07. The van der Waals surface area contributed by atoms with Crippen molar-refractivity contribution in [2.45, 2.75) is 25.9 Å². The van der Waals surface area contributed by atoms with Crippen LogP contribution in [0.3, 0.4) is 0 Å². The molecule has 1 aromatic carbocycles. The largest absolute Gasteiger partial charge is 0.321 e. The van der Waals surface area contributed by atoms with Crippen molar-refractivity contribution < 1.29 is 0 Å². The lowest BCUT2D eigenvalue weighted by Crippen LogP contribution is -2.22. The molecule has 1 aliphatic heterocycles. The fourth-order valence-electron chi connectivity index (χ4n) is 2.25. The van der Waals surface area contributed by atoms with Crippen molar-refractivity contribution in [3.05, 3.63) is 39.9 Å². The molecule has 3 rings (SSSR count). The minimum Gasteiger partial charge on any atom is -0.321 e. The normalized spacial score (nSPS) is 19.0. The molecule has 82 valence electrons. The summed E-state index contributed by atoms with van der Waals surface area (Å²) < 4.78 is 1.70. The third-order valence-electron chi connectivity index (χ3n) is 3.13. The van der Waals surface area contributed by atoms with Gasteiger partial charge in [-0.1, -0.05) is 11.6 Å². The topological polar surface area (TPSA) is 60.9 Å². The van der Waals surface area contributed by atoms with Crippen LogP contribution in [0.2, 0.25) is 0 Å². The second-order valence-corrected chi connectivity index (χ2v) is 4.34. The van der Waals surface area contributed by atoms with Gasteiger partial charge in [0.25, 0.3) is 5.56 Å². The number of rotatable bonds is 0. The predicted octanol–water partition coefficient (Wildman–Crippen LogP) is 1.11. The Labute approximate surface area is 92.7 Å². The summed E-state index contributed by atoms with van der Waals surface area (Å²) in [7, 11) is 0. The van der Waals surface area contributed by atoms with E-state index in [1.165, 1.54) is 0 Å². The van der Waals surface area contributed by atoms with Crippen LogP contribution < -0.4 is 11.3 Å². The highest BCUT2D eigenvalue weighted by Gasteiger charge is 2.22. The summed E-state index contributed by atoms with van der Waals surface area (Å²) in [5, 5.41) is 0.692. The Bertz CT molecular complexity index is 630. The summed E-state index contributed by atoms with van der Waals surface area (Å²) in [5.41, 5.74) is 7.78. The molecule has 1 aromatic heterocycles. The maximum absolute atomic E-state index is 12.2. The van der Waals surface area contributed by atoms with Crippen LogP contribution in [0.1, 0.15) is 23.9 Å². The monoisotopic (exact) mass is 215 g/mol. The Kier molecular flexibility index (Phi) is 1.88. The fraction of sp³-hybridized carbons (Fsp3) is 0.333. The zero-order chi connectivity index (χ0) is 11.3. The summed E-state index contributed by atoms with van der Waals surface area (Å²) in [6.07, 6.45) is 0.803. The van der Waals surface area contributed by atoms with Crippen molar-refractivity contribution in [2.75, 3.05) is 0 Å². The van der Waals surface area contributed by atoms with E-state index in [1.807, 2.05) is 25.1 Å². The van der Waals surface area contributed by atoms with Crippen molar-refractivity contribution >= 4 is 10.9 Å². The number of nitrogens with two attached hydrogens (primary N) is 1. The molecular weight excluding hydrogens is 202 g/mol. The number of nitrogens with zero attached hydrogens (tertiary/aromatic N) is 2. The van der Waals surface area contributed by atoms with Gasteiger partial charge in [-0.05, 0) is 25.5 Å². The Morgan fingerprint density at radius 1 is 1.50 bits per heavy atom. The van der Waals surface area contributed by atoms with Gasteiger partial charge in [0.05, 0.1) is 16.9 Å². The minimum atomic E-state index is -0.0987. The Morgan fingerprint density at radius 2 is 2.31 bits per heavy atom. The van der Waals surface area contributed by atoms with Gasteiger partial charge in [-0.3, -0.25) is 9.36 Å². The van der Waals surface area contributed by atoms with Gasteiger partial charge in [0.1, 0.15) is 5.82 Å². The highest BCUT2D eigenvalue weighted by Crippen LogP contribution is 2.21. The van der Waals surface area contributed by atoms with E-state index in [-0.39, 0.29) is 11.6 Å². The van der Waals surface area contributed by atoms with Gasteiger partial charge in [0, 0.05) is 6.54 Å². The van der Waals surface area contributed by atoms with Crippen molar-refractivity contribution in [1.29, 1.82) is 0 Å². The van der Waals surface area contributed by atoms with Gasteiger partial charge in [0.2, 0.25) is 0 Å². The summed E-state index contributed by atoms with van der Waals surface area (Å²) in [5.74, 6) is 0.723. The zero-order valence-electron chi connectivity index (χ0n) is 9.10. The summed E-state index contributed by atoms with van der Waals surface area (Å²) in [6.45, 7) is 2.66. The Hall–Kier alpha value is -1.68. The van der Waals surface area contributed by atoms with E-state index in [1.54, 1.807) is 4.57 Å². The van der Waals surface area contributed by atoms with E-state index in [4.69, 9.17) is 5.73 Å². The highest BCUT2D eigenvalue weighted by atomic mass is 16.1. The number of benzene rings is 1. The lowest BCUT2D eigenvalue weighted by molar-refractivity contribution is 0.679. The molecule has 0 saturated heterocycles. The molecule has 0 spiro atoms. The molecule has 0 aliphatic carbocycles. The summed E-state index contributed by atoms with van der Waals surface area (Å²) >= 11 is 0. The van der Waals surface area contributed by atoms with Crippen molar-refractivity contribution in [3.8, 4) is 0 Å². The molecule has 1 atom stereocenters. The van der Waals surface area contributed by atoms with Crippen molar-refractivity contribution in [3.63, 3.8) is 0 Å². The lowest BCUT2D eigenvalue weighted by atomic mass is 10.1. The van der Waals surface area contributed by atoms with Gasteiger partial charge >= 0.3 is 0 Å². The average Bonchev–Trinajstić information content (AvgIpc) is 2.63. The molecule has 16 heavy (non-hydrogen) atoms. The van der Waals surface area contributed by atoms with Gasteiger partial charge in [-0.2, -0.15) is 0 Å². The maximum Gasteiger partial charge on any atom is 0.261 e. The molecule has 0 fully saturated rings. The van der Waals surface area contributed by atoms with Crippen LogP contribution in [0.5, 0.6) is 0 Å². The van der Waals surface area contributed by atoms with Gasteiger partial charge in [-0.25, -0.2) is 4.98 Å². The Morgan fingerprint density at radius 3 is 3.12 bits per heavy atom. The molecule has 2 heterocycles. The molecule has 0 amide bonds. The first kappa shape index (κ1) is 9.54. The van der Waals surface area contributed by atoms with Crippen LogP contribution in [0.4, 0.5) is 0 Å². The van der Waals surface area contributed by atoms with Crippen LogP contribution in [0.25, 0.3) is 10.9 Å². The van der Waals surface area contributed by atoms with Crippen LogP contribution in [-0.2, 0) is 6.54 Å². The molecule has 1 aliphatic rings. The second kappa shape index (κ2) is 3.15. The quantitative estimate of drug-likeness (QED) is 0.716. The first-order valence-electron chi connectivity index (χ1n) is 5.43. The van der Waals surface area contributed by atoms with E-state index < -0.39 is 0 Å². The van der Waals surface area contributed by atoms with Gasteiger partial charge < -0.3 is 5.73 Å². The Balaban J connectivity index is 2.44. The average molecular weight is 215 g/mol. The van der Waals surface area contributed by atoms with E-state index in [9.17, 15) is 4.79 Å². The minimum absolute atomic E-state index is 0.0386. The smallest absolute Gasteiger partial charge is 0.261 e. The van der Waals surface area contributed by atoms with Crippen molar-refractivity contribution in [1.82, 2.24) is 9.55 Å². The molecule has 0 unspecified atom stereocenters. The van der Waals surface area contributed by atoms with E-state index in [2.05, 4.69) is 4.98 Å². The molecule has 4 heteroatoms. The second-order valence-electron chi connectivity index (χ2n) is 4.34. The van der Waals surface area contributed by atoms with Gasteiger partial charge in [-0.15, -0.1) is 0 Å². The fourth-order valence-corrected chi connectivity index (χ4v) is 2.25. The number of fused-ring (bicyclic) bond motifs is 2. The first-order valence-corrected chi connectivity index (χ1v) is 5.43. The van der Waals surface area contributed by atoms with E-state index in [0.717, 1.165) is 23.3 Å². The summed E-state index contributed by atoms with van der Waals surface area (Å²) in [6, 6.07) is 5.64. The SMILES string of the molecule is Cc1ccc2nc3n(c(=O)c2c1)CC[C@@H]3N.